The Morgan fingerprint density at radius 2 is 0.929 bits per heavy atom. The quantitative estimate of drug-likeness (QED) is 0.627. The third kappa shape index (κ3) is 4.95. The van der Waals surface area contributed by atoms with Gasteiger partial charge in [-0.25, -0.2) is 0 Å². The molecule has 0 atom stereocenters. The van der Waals surface area contributed by atoms with E-state index in [-0.39, 0.29) is 11.8 Å². The highest BCUT2D eigenvalue weighted by Gasteiger charge is 2.15. The van der Waals surface area contributed by atoms with Gasteiger partial charge in [-0.3, -0.25) is 14.5 Å². The van der Waals surface area contributed by atoms with Gasteiger partial charge >= 0.3 is 0 Å². The predicted octanol–water partition coefficient (Wildman–Crippen LogP) is 5.08. The molecule has 0 heterocycles. The number of anilines is 1. The summed E-state index contributed by atoms with van der Waals surface area (Å²) in [4.78, 5) is 24.5. The molecule has 0 aliphatic heterocycles. The van der Waals surface area contributed by atoms with E-state index in [1.807, 2.05) is 24.3 Å². The molecular weight excluding hydrogens is 346 g/mol. The lowest BCUT2D eigenvalue weighted by atomic mass is 10.00. The first-order chi connectivity index (χ1) is 13.4. The van der Waals surface area contributed by atoms with Crippen LogP contribution in [0.5, 0.6) is 0 Å². The highest BCUT2D eigenvalue weighted by atomic mass is 16.2. The largest absolute Gasteiger partial charge is 0.274 e. The minimum absolute atomic E-state index is 0.274. The summed E-state index contributed by atoms with van der Waals surface area (Å²) in [7, 11) is 0. The average Bonchev–Trinajstić information content (AvgIpc) is 2.66. The molecule has 0 aromatic heterocycles. The fourth-order valence-electron chi connectivity index (χ4n) is 3.30. The van der Waals surface area contributed by atoms with Gasteiger partial charge in [0.25, 0.3) is 0 Å². The maximum atomic E-state index is 11.6. The van der Waals surface area contributed by atoms with Crippen molar-refractivity contribution in [1.29, 1.82) is 0 Å². The first kappa shape index (κ1) is 19.6. The Morgan fingerprint density at radius 1 is 0.607 bits per heavy atom. The molecular formula is C25H25NO2. The van der Waals surface area contributed by atoms with Gasteiger partial charge in [-0.05, 0) is 54.2 Å². The molecule has 0 aliphatic rings. The summed E-state index contributed by atoms with van der Waals surface area (Å²) < 4.78 is 0. The van der Waals surface area contributed by atoms with Crippen LogP contribution < -0.4 is 4.90 Å². The van der Waals surface area contributed by atoms with Crippen LogP contribution in [0.4, 0.5) is 5.69 Å². The number of hydrogen-bond donors (Lipinski definition) is 0. The third-order valence-electron chi connectivity index (χ3n) is 4.78. The molecule has 2 amide bonds. The van der Waals surface area contributed by atoms with Crippen LogP contribution in [0.1, 0.15) is 41.7 Å². The van der Waals surface area contributed by atoms with E-state index in [1.165, 1.54) is 41.0 Å². The average molecular weight is 371 g/mol. The molecule has 3 rings (SSSR count). The molecule has 3 aromatic rings. The Hall–Kier alpha value is -3.20. The molecule has 0 radical (unpaired) electrons. The van der Waals surface area contributed by atoms with Crippen molar-refractivity contribution in [2.45, 2.75) is 33.6 Å². The maximum absolute atomic E-state index is 11.6. The fourth-order valence-corrected chi connectivity index (χ4v) is 3.30. The summed E-state index contributed by atoms with van der Waals surface area (Å²) in [6, 6.07) is 24.9. The Balaban J connectivity index is 1.66. The van der Waals surface area contributed by atoms with Gasteiger partial charge in [0.05, 0.1) is 5.69 Å². The highest BCUT2D eigenvalue weighted by Crippen LogP contribution is 2.19. The first-order valence-electron chi connectivity index (χ1n) is 9.46. The molecule has 0 fully saturated rings. The molecule has 0 N–H and O–H groups in total. The monoisotopic (exact) mass is 371 g/mol. The zero-order valence-corrected chi connectivity index (χ0v) is 16.6. The Bertz CT molecular complexity index is 941. The summed E-state index contributed by atoms with van der Waals surface area (Å²) in [6.07, 6.45) is 1.74. The van der Waals surface area contributed by atoms with Crippen LogP contribution in [-0.2, 0) is 22.4 Å². The number of imide groups is 1. The highest BCUT2D eigenvalue weighted by molar-refractivity contribution is 6.13. The third-order valence-corrected chi connectivity index (χ3v) is 4.78. The molecule has 0 saturated carbocycles. The Morgan fingerprint density at radius 3 is 1.29 bits per heavy atom. The van der Waals surface area contributed by atoms with Crippen molar-refractivity contribution in [1.82, 2.24) is 0 Å². The SMILES string of the molecule is CC(=O)N(C(C)=O)c1ccc(Cc2ccc(Cc3ccc(C)cc3)cc2)cc1. The minimum Gasteiger partial charge on any atom is -0.274 e. The lowest BCUT2D eigenvalue weighted by Crippen LogP contribution is -2.32. The van der Waals surface area contributed by atoms with Crippen molar-refractivity contribution in [2.24, 2.45) is 0 Å². The smallest absolute Gasteiger partial charge is 0.230 e. The van der Waals surface area contributed by atoms with E-state index < -0.39 is 0 Å². The number of benzene rings is 3. The molecule has 142 valence electrons. The van der Waals surface area contributed by atoms with E-state index in [0.717, 1.165) is 18.4 Å². The van der Waals surface area contributed by atoms with Crippen LogP contribution in [0.3, 0.4) is 0 Å². The molecule has 0 unspecified atom stereocenters. The van der Waals surface area contributed by atoms with E-state index in [9.17, 15) is 9.59 Å². The van der Waals surface area contributed by atoms with Crippen LogP contribution in [-0.4, -0.2) is 11.8 Å². The number of hydrogen-bond acceptors (Lipinski definition) is 2. The lowest BCUT2D eigenvalue weighted by molar-refractivity contribution is -0.124. The molecule has 3 aromatic carbocycles. The molecule has 3 nitrogen and oxygen atoms in total. The number of rotatable bonds is 5. The molecule has 0 bridgehead atoms. The van der Waals surface area contributed by atoms with Gasteiger partial charge in [0.15, 0.2) is 0 Å². The van der Waals surface area contributed by atoms with E-state index in [2.05, 4.69) is 55.5 Å². The zero-order chi connectivity index (χ0) is 20.1. The van der Waals surface area contributed by atoms with Gasteiger partial charge in [0.2, 0.25) is 11.8 Å². The summed E-state index contributed by atoms with van der Waals surface area (Å²) in [5.41, 5.74) is 6.87. The molecule has 0 spiro atoms. The van der Waals surface area contributed by atoms with Crippen LogP contribution in [0.2, 0.25) is 0 Å². The Kier molecular flexibility index (Phi) is 6.05. The minimum atomic E-state index is -0.274. The standard InChI is InChI=1S/C25H25NO2/c1-18-4-6-21(7-5-18)16-22-8-10-23(11-9-22)17-24-12-14-25(15-13-24)26(19(2)27)20(3)28/h4-15H,16-17H2,1-3H3. The van der Waals surface area contributed by atoms with Crippen molar-refractivity contribution >= 4 is 17.5 Å². The van der Waals surface area contributed by atoms with E-state index in [4.69, 9.17) is 0 Å². The summed E-state index contributed by atoms with van der Waals surface area (Å²) >= 11 is 0. The summed E-state index contributed by atoms with van der Waals surface area (Å²) in [5.74, 6) is -0.547. The van der Waals surface area contributed by atoms with Crippen LogP contribution in [0.15, 0.2) is 72.8 Å². The van der Waals surface area contributed by atoms with Crippen molar-refractivity contribution in [3.05, 3.63) is 101 Å². The van der Waals surface area contributed by atoms with Crippen molar-refractivity contribution in [2.75, 3.05) is 4.90 Å². The molecule has 0 saturated heterocycles. The topological polar surface area (TPSA) is 37.4 Å². The number of carbonyl (C=O) groups excluding carboxylic acids is 2. The molecule has 0 aliphatic carbocycles. The Labute approximate surface area is 166 Å². The number of nitrogens with zero attached hydrogens (tertiary/aromatic N) is 1. The second-order valence-corrected chi connectivity index (χ2v) is 7.20. The first-order valence-corrected chi connectivity index (χ1v) is 9.46. The summed E-state index contributed by atoms with van der Waals surface area (Å²) in [5, 5.41) is 0. The van der Waals surface area contributed by atoms with Gasteiger partial charge in [-0.1, -0.05) is 66.2 Å². The van der Waals surface area contributed by atoms with E-state index in [0.29, 0.717) is 5.69 Å². The van der Waals surface area contributed by atoms with Crippen LogP contribution in [0.25, 0.3) is 0 Å². The van der Waals surface area contributed by atoms with Crippen molar-refractivity contribution in [3.8, 4) is 0 Å². The molecule has 28 heavy (non-hydrogen) atoms. The zero-order valence-electron chi connectivity index (χ0n) is 16.6. The van der Waals surface area contributed by atoms with Gasteiger partial charge in [0, 0.05) is 13.8 Å². The van der Waals surface area contributed by atoms with Crippen LogP contribution >= 0.6 is 0 Å². The predicted molar refractivity (Wildman–Crippen MR) is 114 cm³/mol. The molecule has 3 heteroatoms. The van der Waals surface area contributed by atoms with Crippen LogP contribution in [0, 0.1) is 6.92 Å². The second kappa shape index (κ2) is 8.66. The van der Waals surface area contributed by atoms with E-state index in [1.54, 1.807) is 0 Å². The number of amides is 2. The van der Waals surface area contributed by atoms with Gasteiger partial charge in [-0.15, -0.1) is 0 Å². The normalized spacial score (nSPS) is 10.5. The van der Waals surface area contributed by atoms with Crippen molar-refractivity contribution in [3.63, 3.8) is 0 Å². The van der Waals surface area contributed by atoms with Crippen molar-refractivity contribution < 1.29 is 9.59 Å². The van der Waals surface area contributed by atoms with Gasteiger partial charge in [-0.2, -0.15) is 0 Å². The number of carbonyl (C=O) groups is 2. The summed E-state index contributed by atoms with van der Waals surface area (Å²) in [6.45, 7) is 4.89. The fraction of sp³-hybridized carbons (Fsp3) is 0.200. The second-order valence-electron chi connectivity index (χ2n) is 7.20. The maximum Gasteiger partial charge on any atom is 0.230 e. The van der Waals surface area contributed by atoms with Gasteiger partial charge < -0.3 is 0 Å². The lowest BCUT2D eigenvalue weighted by Gasteiger charge is -2.17. The van der Waals surface area contributed by atoms with E-state index >= 15 is 0 Å². The number of aryl methyl sites for hydroxylation is 1. The van der Waals surface area contributed by atoms with Gasteiger partial charge in [0.1, 0.15) is 0 Å².